The number of para-hydroxylation sites is 2. The zero-order valence-electron chi connectivity index (χ0n) is 19.5. The maximum absolute atomic E-state index is 13.2. The van der Waals surface area contributed by atoms with E-state index in [2.05, 4.69) is 4.98 Å². The lowest BCUT2D eigenvalue weighted by Gasteiger charge is -2.45. The maximum Gasteiger partial charge on any atom is 0.258 e. The van der Waals surface area contributed by atoms with Crippen LogP contribution in [-0.4, -0.2) is 55.3 Å². The summed E-state index contributed by atoms with van der Waals surface area (Å²) in [5.74, 6) is -1.33. The summed E-state index contributed by atoms with van der Waals surface area (Å²) < 4.78 is 37.5. The van der Waals surface area contributed by atoms with E-state index in [4.69, 9.17) is 9.47 Å². The fourth-order valence-electron chi connectivity index (χ4n) is 4.26. The molecule has 1 amide bonds. The van der Waals surface area contributed by atoms with Crippen molar-refractivity contribution in [3.05, 3.63) is 96.2 Å². The van der Waals surface area contributed by atoms with E-state index < -0.39 is 15.6 Å². The van der Waals surface area contributed by atoms with Crippen molar-refractivity contribution in [3.8, 4) is 11.5 Å². The van der Waals surface area contributed by atoms with Gasteiger partial charge in [-0.1, -0.05) is 42.5 Å². The van der Waals surface area contributed by atoms with Crippen LogP contribution in [0.25, 0.3) is 10.9 Å². The van der Waals surface area contributed by atoms with E-state index in [1.54, 1.807) is 66.9 Å². The highest BCUT2D eigenvalue weighted by Gasteiger charge is 2.46. The molecule has 1 aliphatic rings. The molecule has 4 aromatic rings. The molecular formula is C27H24N2O6S. The van der Waals surface area contributed by atoms with Crippen molar-refractivity contribution >= 4 is 26.6 Å². The minimum Gasteiger partial charge on any atom is -0.496 e. The molecule has 1 fully saturated rings. The van der Waals surface area contributed by atoms with Crippen molar-refractivity contribution in [2.75, 3.05) is 20.2 Å². The molecule has 1 saturated heterocycles. The Morgan fingerprint density at radius 3 is 2.53 bits per heavy atom. The molecule has 0 spiro atoms. The summed E-state index contributed by atoms with van der Waals surface area (Å²) in [6.45, 7) is -0.0117. The number of hydrogen-bond acceptors (Lipinski definition) is 7. The monoisotopic (exact) mass is 504 g/mol. The zero-order valence-corrected chi connectivity index (χ0v) is 20.3. The molecule has 0 bridgehead atoms. The number of ether oxygens (including phenoxy) is 2. The van der Waals surface area contributed by atoms with E-state index >= 15 is 0 Å². The summed E-state index contributed by atoms with van der Waals surface area (Å²) in [5, 5.41) is 11.3. The number of fused-ring (bicyclic) bond motifs is 1. The van der Waals surface area contributed by atoms with Gasteiger partial charge in [0.1, 0.15) is 11.5 Å². The predicted octanol–water partition coefficient (Wildman–Crippen LogP) is 3.44. The molecule has 0 saturated carbocycles. The molecule has 5 rings (SSSR count). The van der Waals surface area contributed by atoms with Gasteiger partial charge in [0, 0.05) is 11.6 Å². The highest BCUT2D eigenvalue weighted by molar-refractivity contribution is 7.90. The molecule has 0 atom stereocenters. The third-order valence-electron chi connectivity index (χ3n) is 6.00. The summed E-state index contributed by atoms with van der Waals surface area (Å²) in [5.41, 5.74) is 1.16. The lowest BCUT2D eigenvalue weighted by molar-refractivity contribution is -0.210. The number of amides is 1. The third kappa shape index (κ3) is 4.62. The first-order chi connectivity index (χ1) is 17.3. The van der Waals surface area contributed by atoms with Crippen LogP contribution in [0, 0.1) is 0 Å². The lowest BCUT2D eigenvalue weighted by atomic mass is 10.0. The topological polar surface area (TPSA) is 106 Å². The van der Waals surface area contributed by atoms with E-state index in [-0.39, 0.29) is 41.0 Å². The van der Waals surface area contributed by atoms with E-state index in [0.717, 1.165) is 5.39 Å². The quantitative estimate of drug-likeness (QED) is 0.384. The van der Waals surface area contributed by atoms with E-state index in [0.29, 0.717) is 16.8 Å². The second kappa shape index (κ2) is 9.25. The Balaban J connectivity index is 1.32. The van der Waals surface area contributed by atoms with Crippen LogP contribution in [0.4, 0.5) is 0 Å². The zero-order chi connectivity index (χ0) is 25.3. The number of carbonyl (C=O) groups excluding carboxylic acids is 1. The van der Waals surface area contributed by atoms with Crippen LogP contribution in [-0.2, 0) is 15.6 Å². The summed E-state index contributed by atoms with van der Waals surface area (Å²) in [7, 11) is -2.30. The average molecular weight is 505 g/mol. The molecule has 8 nitrogen and oxygen atoms in total. The largest absolute Gasteiger partial charge is 0.496 e. The van der Waals surface area contributed by atoms with Crippen molar-refractivity contribution in [1.29, 1.82) is 0 Å². The third-order valence-corrected chi connectivity index (χ3v) is 7.71. The number of rotatable bonds is 7. The first kappa shape index (κ1) is 23.8. The number of aromatic nitrogens is 1. The van der Waals surface area contributed by atoms with E-state index in [1.807, 2.05) is 18.2 Å². The van der Waals surface area contributed by atoms with Crippen molar-refractivity contribution in [2.45, 2.75) is 16.4 Å². The van der Waals surface area contributed by atoms with Crippen molar-refractivity contribution in [1.82, 2.24) is 9.88 Å². The number of benzene rings is 3. The number of sulfone groups is 1. The Morgan fingerprint density at radius 2 is 1.78 bits per heavy atom. The standard InChI is InChI=1S/C27H24N2O6S/c1-34-23-15-19(16-36(32,33)24-11-5-7-20-8-6-14-28-25(20)24)12-13-22(23)26(30)29-17-27(31,18-29)35-21-9-3-2-4-10-21/h2-15,31H,16-18H2,1H3. The van der Waals surface area contributed by atoms with Gasteiger partial charge < -0.3 is 19.5 Å². The second-order valence-electron chi connectivity index (χ2n) is 8.65. The van der Waals surface area contributed by atoms with Gasteiger partial charge in [0.15, 0.2) is 9.84 Å². The predicted molar refractivity (Wildman–Crippen MR) is 134 cm³/mol. The fraction of sp³-hybridized carbons (Fsp3) is 0.185. The molecule has 184 valence electrons. The maximum atomic E-state index is 13.2. The Hall–Kier alpha value is -3.95. The van der Waals surface area contributed by atoms with Crippen LogP contribution in [0.15, 0.2) is 90.0 Å². The average Bonchev–Trinajstić information content (AvgIpc) is 2.86. The Bertz CT molecular complexity index is 1530. The summed E-state index contributed by atoms with van der Waals surface area (Å²) in [6, 6.07) is 22.2. The molecule has 0 aliphatic carbocycles. The highest BCUT2D eigenvalue weighted by Crippen LogP contribution is 2.31. The lowest BCUT2D eigenvalue weighted by Crippen LogP contribution is -2.66. The number of pyridine rings is 1. The van der Waals surface area contributed by atoms with Crippen LogP contribution in [0.3, 0.4) is 0 Å². The molecule has 0 radical (unpaired) electrons. The highest BCUT2D eigenvalue weighted by atomic mass is 32.2. The molecule has 3 aromatic carbocycles. The minimum absolute atomic E-state index is 0.00586. The van der Waals surface area contributed by atoms with Crippen molar-refractivity contribution in [3.63, 3.8) is 0 Å². The second-order valence-corrected chi connectivity index (χ2v) is 10.6. The van der Waals surface area contributed by atoms with Crippen LogP contribution in [0.5, 0.6) is 11.5 Å². The number of β-amino-alcohol motifs (C(OH)–C–C–N with tert-alkyl or cyclic N) is 1. The van der Waals surface area contributed by atoms with Gasteiger partial charge in [-0.25, -0.2) is 8.42 Å². The van der Waals surface area contributed by atoms with E-state index in [9.17, 15) is 18.3 Å². The van der Waals surface area contributed by atoms with Gasteiger partial charge >= 0.3 is 0 Å². The number of hydrogen-bond donors (Lipinski definition) is 1. The molecule has 36 heavy (non-hydrogen) atoms. The van der Waals surface area contributed by atoms with Crippen LogP contribution < -0.4 is 9.47 Å². The van der Waals surface area contributed by atoms with Gasteiger partial charge in [-0.05, 0) is 42.0 Å². The molecule has 9 heteroatoms. The molecular weight excluding hydrogens is 480 g/mol. The molecule has 1 aromatic heterocycles. The van der Waals surface area contributed by atoms with Gasteiger partial charge in [-0.3, -0.25) is 9.78 Å². The summed E-state index contributed by atoms with van der Waals surface area (Å²) in [6.07, 6.45) is 1.56. The Labute approximate surface area is 208 Å². The number of methoxy groups -OCH3 is 1. The van der Waals surface area contributed by atoms with Crippen molar-refractivity contribution < 1.29 is 27.8 Å². The van der Waals surface area contributed by atoms with Gasteiger partial charge in [-0.2, -0.15) is 0 Å². The van der Waals surface area contributed by atoms with Gasteiger partial charge in [0.2, 0.25) is 5.79 Å². The first-order valence-electron chi connectivity index (χ1n) is 11.3. The number of likely N-dealkylation sites (tertiary alicyclic amines) is 1. The molecule has 2 heterocycles. The van der Waals surface area contributed by atoms with Crippen molar-refractivity contribution in [2.24, 2.45) is 0 Å². The Kier molecular flexibility index (Phi) is 6.11. The van der Waals surface area contributed by atoms with Crippen LogP contribution in [0.1, 0.15) is 15.9 Å². The normalized spacial score (nSPS) is 14.8. The van der Waals surface area contributed by atoms with Gasteiger partial charge in [0.25, 0.3) is 5.91 Å². The van der Waals surface area contributed by atoms with Crippen LogP contribution in [0.2, 0.25) is 0 Å². The smallest absolute Gasteiger partial charge is 0.258 e. The SMILES string of the molecule is COc1cc(CS(=O)(=O)c2cccc3cccnc23)ccc1C(=O)N1CC(O)(Oc2ccccc2)C1. The first-order valence-corrected chi connectivity index (χ1v) is 12.9. The summed E-state index contributed by atoms with van der Waals surface area (Å²) >= 11 is 0. The molecule has 0 unspecified atom stereocenters. The minimum atomic E-state index is -3.72. The summed E-state index contributed by atoms with van der Waals surface area (Å²) in [4.78, 5) is 18.9. The van der Waals surface area contributed by atoms with Gasteiger partial charge in [0.05, 0.1) is 41.9 Å². The molecule has 1 aliphatic heterocycles. The van der Waals surface area contributed by atoms with E-state index in [1.165, 1.54) is 12.0 Å². The van der Waals surface area contributed by atoms with Crippen LogP contribution >= 0.6 is 0 Å². The number of nitrogens with zero attached hydrogens (tertiary/aromatic N) is 2. The Morgan fingerprint density at radius 1 is 1.03 bits per heavy atom. The number of carbonyl (C=O) groups is 1. The number of aliphatic hydroxyl groups is 1. The molecule has 1 N–H and O–H groups in total. The van der Waals surface area contributed by atoms with Gasteiger partial charge in [-0.15, -0.1) is 0 Å². The fourth-order valence-corrected chi connectivity index (χ4v) is 5.79.